The van der Waals surface area contributed by atoms with E-state index in [1.807, 2.05) is 12.1 Å². The first kappa shape index (κ1) is 39.6. The number of hydrogen-bond donors (Lipinski definition) is 4. The molecule has 0 saturated carbocycles. The number of nitrogens with one attached hydrogen (secondary N) is 4. The number of hydrogen-bond acceptors (Lipinski definition) is 2. The van der Waals surface area contributed by atoms with Crippen molar-refractivity contribution < 1.29 is 0 Å². The Kier molecular flexibility index (Phi) is 12.6. The van der Waals surface area contributed by atoms with Crippen LogP contribution in [0, 0.1) is 0 Å². The van der Waals surface area contributed by atoms with Gasteiger partial charge in [0.1, 0.15) is 8.07 Å². The molecule has 6 aromatic rings. The normalized spacial score (nSPS) is 14.5. The molecule has 7 rings (SSSR count). The van der Waals surface area contributed by atoms with Crippen LogP contribution >= 0.6 is 24.4 Å². The summed E-state index contributed by atoms with van der Waals surface area (Å²) in [6, 6.07) is 61.1. The van der Waals surface area contributed by atoms with Gasteiger partial charge in [-0.2, -0.15) is 0 Å². The summed E-state index contributed by atoms with van der Waals surface area (Å²) >= 11 is 11.4. The maximum absolute atomic E-state index is 5.68. The molecule has 0 bridgehead atoms. The van der Waals surface area contributed by atoms with Crippen molar-refractivity contribution in [3.8, 4) is 0 Å². The minimum atomic E-state index is -2.31. The van der Waals surface area contributed by atoms with Gasteiger partial charge in [0.15, 0.2) is 10.2 Å². The van der Waals surface area contributed by atoms with E-state index in [-0.39, 0.29) is 12.1 Å². The van der Waals surface area contributed by atoms with Crippen LogP contribution in [0.15, 0.2) is 170 Å². The summed E-state index contributed by atoms with van der Waals surface area (Å²) in [5.41, 5.74) is 12.4. The fourth-order valence-electron chi connectivity index (χ4n) is 7.89. The van der Waals surface area contributed by atoms with Gasteiger partial charge in [0.25, 0.3) is 0 Å². The highest BCUT2D eigenvalue weighted by Gasteiger charge is 2.43. The summed E-state index contributed by atoms with van der Waals surface area (Å²) in [6.45, 7) is 10.6. The number of rotatable bonds is 12. The Morgan fingerprint density at radius 1 is 0.439 bits per heavy atom. The molecule has 1 aliphatic rings. The highest BCUT2D eigenvalue weighted by atomic mass is 32.1. The minimum Gasteiger partial charge on any atom is -0.359 e. The molecule has 286 valence electrons. The Bertz CT molecular complexity index is 2190. The quantitative estimate of drug-likeness (QED) is 0.0731. The Balaban J connectivity index is 1.16. The first-order valence-electron chi connectivity index (χ1n) is 19.7. The molecular formula is C50H50N4S2Si. The van der Waals surface area contributed by atoms with E-state index >= 15 is 0 Å². The van der Waals surface area contributed by atoms with Crippen molar-refractivity contribution in [3.05, 3.63) is 214 Å². The molecule has 7 heteroatoms. The average Bonchev–Trinajstić information content (AvgIpc) is 3.50. The van der Waals surface area contributed by atoms with Gasteiger partial charge in [-0.15, -0.1) is 0 Å². The minimum absolute atomic E-state index is 0.120. The third-order valence-corrected chi connectivity index (χ3v) is 14.9. The second-order valence-corrected chi connectivity index (χ2v) is 20.2. The number of benzene rings is 6. The van der Waals surface area contributed by atoms with Crippen molar-refractivity contribution in [2.75, 3.05) is 0 Å². The zero-order chi connectivity index (χ0) is 39.8. The van der Waals surface area contributed by atoms with E-state index in [9.17, 15) is 0 Å². The SMILES string of the molecule is C[C@@H](NC(=S)NCc1ccc(C2=C(c3ccccc3)C(c3ccccc3)=C(c3ccc(CNC(=S)N[C@H](C)c4ccccc4)cc3)[Si]2(C)C)cc1)c1ccccc1. The van der Waals surface area contributed by atoms with Crippen molar-refractivity contribution in [3.63, 3.8) is 0 Å². The van der Waals surface area contributed by atoms with E-state index in [1.54, 1.807) is 0 Å². The molecule has 0 radical (unpaired) electrons. The lowest BCUT2D eigenvalue weighted by Gasteiger charge is -2.27. The smallest absolute Gasteiger partial charge is 0.167 e. The maximum atomic E-state index is 5.68. The third-order valence-electron chi connectivity index (χ3n) is 10.8. The summed E-state index contributed by atoms with van der Waals surface area (Å²) in [5, 5.41) is 17.9. The molecule has 0 saturated heterocycles. The molecular weight excluding hydrogens is 749 g/mol. The molecule has 0 amide bonds. The van der Waals surface area contributed by atoms with Gasteiger partial charge in [-0.25, -0.2) is 0 Å². The van der Waals surface area contributed by atoms with Crippen LogP contribution in [-0.2, 0) is 13.1 Å². The fourth-order valence-corrected chi connectivity index (χ4v) is 12.2. The Morgan fingerprint density at radius 2 is 0.754 bits per heavy atom. The Hall–Kier alpha value is -5.60. The molecule has 0 unspecified atom stereocenters. The number of allylic oxidation sites excluding steroid dienone is 2. The number of thiocarbonyl (C=S) groups is 2. The lowest BCUT2D eigenvalue weighted by molar-refractivity contribution is 0.697. The van der Waals surface area contributed by atoms with Crippen LogP contribution in [0.4, 0.5) is 0 Å². The molecule has 2 atom stereocenters. The lowest BCUT2D eigenvalue weighted by atomic mass is 9.89. The van der Waals surface area contributed by atoms with E-state index in [1.165, 1.54) is 66.0 Å². The van der Waals surface area contributed by atoms with Crippen LogP contribution in [0.2, 0.25) is 13.1 Å². The van der Waals surface area contributed by atoms with Crippen LogP contribution in [-0.4, -0.2) is 18.3 Å². The van der Waals surface area contributed by atoms with E-state index in [4.69, 9.17) is 24.4 Å². The average molecular weight is 799 g/mol. The second kappa shape index (κ2) is 18.1. The van der Waals surface area contributed by atoms with Crippen LogP contribution < -0.4 is 21.3 Å². The van der Waals surface area contributed by atoms with E-state index in [2.05, 4.69) is 206 Å². The van der Waals surface area contributed by atoms with Crippen molar-refractivity contribution in [1.29, 1.82) is 0 Å². The Labute approximate surface area is 350 Å². The third kappa shape index (κ3) is 9.34. The van der Waals surface area contributed by atoms with E-state index in [0.717, 1.165) is 0 Å². The highest BCUT2D eigenvalue weighted by molar-refractivity contribution is 7.80. The molecule has 0 aliphatic carbocycles. The molecule has 4 nitrogen and oxygen atoms in total. The summed E-state index contributed by atoms with van der Waals surface area (Å²) < 4.78 is 0. The van der Waals surface area contributed by atoms with Crippen molar-refractivity contribution in [2.24, 2.45) is 0 Å². The van der Waals surface area contributed by atoms with Crippen LogP contribution in [0.5, 0.6) is 0 Å². The van der Waals surface area contributed by atoms with Gasteiger partial charge >= 0.3 is 0 Å². The summed E-state index contributed by atoms with van der Waals surface area (Å²) in [5.74, 6) is 0. The molecule has 0 fully saturated rings. The summed E-state index contributed by atoms with van der Waals surface area (Å²) in [4.78, 5) is 0. The van der Waals surface area contributed by atoms with Gasteiger partial charge in [0.05, 0.1) is 12.1 Å². The van der Waals surface area contributed by atoms with Gasteiger partial charge in [-0.3, -0.25) is 0 Å². The molecule has 4 N–H and O–H groups in total. The Morgan fingerprint density at radius 3 is 1.09 bits per heavy atom. The molecule has 57 heavy (non-hydrogen) atoms. The highest BCUT2D eigenvalue weighted by Crippen LogP contribution is 2.55. The predicted molar refractivity (Wildman–Crippen MR) is 252 cm³/mol. The second-order valence-electron chi connectivity index (χ2n) is 15.2. The van der Waals surface area contributed by atoms with Crippen LogP contribution in [0.1, 0.15) is 70.4 Å². The van der Waals surface area contributed by atoms with Crippen molar-refractivity contribution in [2.45, 2.75) is 52.1 Å². The van der Waals surface area contributed by atoms with Crippen molar-refractivity contribution in [1.82, 2.24) is 21.3 Å². The zero-order valence-corrected chi connectivity index (χ0v) is 35.7. The molecule has 1 heterocycles. The van der Waals surface area contributed by atoms with E-state index < -0.39 is 8.07 Å². The first-order valence-corrected chi connectivity index (χ1v) is 23.5. The topological polar surface area (TPSA) is 48.1 Å². The van der Waals surface area contributed by atoms with E-state index in [0.29, 0.717) is 23.3 Å². The molecule has 6 aromatic carbocycles. The van der Waals surface area contributed by atoms with Gasteiger partial charge in [-0.1, -0.05) is 183 Å². The standard InChI is InChI=1S/C50H50N4S2Si/c1-35(39-17-9-5-10-18-39)53-49(55)51-33-37-25-29-43(30-26-37)47-45(41-21-13-7-14-22-41)46(42-23-15-8-16-24-42)48(57(47,3)4)44-31-27-38(28-32-44)34-52-50(56)54-36(2)40-19-11-6-12-20-40/h5-32,35-36H,33-34H2,1-4H3,(H2,51,53,55)(H2,52,54,56)/t35-,36-/m1/s1. The molecule has 1 aliphatic heterocycles. The van der Waals surface area contributed by atoms with Gasteiger partial charge in [-0.05, 0) is 104 Å². The van der Waals surface area contributed by atoms with Crippen LogP contribution in [0.3, 0.4) is 0 Å². The van der Waals surface area contributed by atoms with Gasteiger partial charge in [0.2, 0.25) is 0 Å². The fraction of sp³-hybridized carbons (Fsp3) is 0.160. The maximum Gasteiger partial charge on any atom is 0.167 e. The molecule has 0 spiro atoms. The van der Waals surface area contributed by atoms with Gasteiger partial charge < -0.3 is 21.3 Å². The summed E-state index contributed by atoms with van der Waals surface area (Å²) in [6.07, 6.45) is 0. The van der Waals surface area contributed by atoms with Crippen LogP contribution in [0.25, 0.3) is 21.5 Å². The molecule has 0 aromatic heterocycles. The predicted octanol–water partition coefficient (Wildman–Crippen LogP) is 11.5. The lowest BCUT2D eigenvalue weighted by Crippen LogP contribution is -2.36. The monoisotopic (exact) mass is 798 g/mol. The first-order chi connectivity index (χ1) is 27.7. The van der Waals surface area contributed by atoms with Crippen molar-refractivity contribution >= 4 is 64.3 Å². The zero-order valence-electron chi connectivity index (χ0n) is 33.1. The summed E-state index contributed by atoms with van der Waals surface area (Å²) in [7, 11) is -2.31. The largest absolute Gasteiger partial charge is 0.359 e. The van der Waals surface area contributed by atoms with Gasteiger partial charge in [0, 0.05) is 13.1 Å².